The van der Waals surface area contributed by atoms with Crippen molar-refractivity contribution in [2.45, 2.75) is 31.3 Å². The van der Waals surface area contributed by atoms with Crippen molar-refractivity contribution in [1.29, 1.82) is 0 Å². The van der Waals surface area contributed by atoms with E-state index in [2.05, 4.69) is 5.32 Å². The highest BCUT2D eigenvalue weighted by Crippen LogP contribution is 2.21. The van der Waals surface area contributed by atoms with Crippen LogP contribution in [0.4, 0.5) is 0 Å². The average Bonchev–Trinajstić information content (AvgIpc) is 2.30. The van der Waals surface area contributed by atoms with Gasteiger partial charge in [0, 0.05) is 27.6 Å². The molecule has 2 unspecified atom stereocenters. The summed E-state index contributed by atoms with van der Waals surface area (Å²) < 4.78 is 15.7. The van der Waals surface area contributed by atoms with Gasteiger partial charge < -0.3 is 24.3 Å². The van der Waals surface area contributed by atoms with Crippen LogP contribution >= 0.6 is 0 Å². The van der Waals surface area contributed by atoms with Gasteiger partial charge in [-0.2, -0.15) is 0 Å². The molecule has 1 amide bonds. The summed E-state index contributed by atoms with van der Waals surface area (Å²) in [5.41, 5.74) is 0. The van der Waals surface area contributed by atoms with E-state index in [4.69, 9.17) is 14.2 Å². The van der Waals surface area contributed by atoms with E-state index >= 15 is 0 Å². The van der Waals surface area contributed by atoms with Gasteiger partial charge in [0.15, 0.2) is 6.29 Å². The van der Waals surface area contributed by atoms with Gasteiger partial charge in [-0.3, -0.25) is 4.79 Å². The van der Waals surface area contributed by atoms with E-state index in [9.17, 15) is 9.59 Å². The largest absolute Gasteiger partial charge is 0.382 e. The van der Waals surface area contributed by atoms with E-state index in [1.807, 2.05) is 0 Å². The van der Waals surface area contributed by atoms with Crippen LogP contribution in [-0.4, -0.2) is 57.4 Å². The lowest BCUT2D eigenvalue weighted by Gasteiger charge is -2.38. The lowest BCUT2D eigenvalue weighted by atomic mass is 9.95. The summed E-state index contributed by atoms with van der Waals surface area (Å²) >= 11 is 0. The van der Waals surface area contributed by atoms with E-state index in [0.717, 1.165) is 0 Å². The predicted octanol–water partition coefficient (Wildman–Crippen LogP) is -0.677. The second kappa shape index (κ2) is 6.68. The summed E-state index contributed by atoms with van der Waals surface area (Å²) in [6, 6.07) is -0.497. The fourth-order valence-corrected chi connectivity index (χ4v) is 1.85. The van der Waals surface area contributed by atoms with E-state index in [1.54, 1.807) is 13.5 Å². The molecule has 1 heterocycles. The van der Waals surface area contributed by atoms with Gasteiger partial charge in [-0.05, 0) is 0 Å². The predicted molar refractivity (Wildman–Crippen MR) is 59.3 cm³/mol. The quantitative estimate of drug-likeness (QED) is 0.649. The molecular formula is C11H18NO5. The first-order valence-corrected chi connectivity index (χ1v) is 5.37. The van der Waals surface area contributed by atoms with Crippen LogP contribution in [0.1, 0.15) is 6.92 Å². The molecule has 1 fully saturated rings. The number of rotatable bonds is 5. The van der Waals surface area contributed by atoms with Crippen molar-refractivity contribution in [2.24, 2.45) is 0 Å². The first-order chi connectivity index (χ1) is 8.12. The smallest absolute Gasteiger partial charge is 0.217 e. The highest BCUT2D eigenvalue weighted by atomic mass is 16.5. The molecule has 0 spiro atoms. The molecule has 1 rings (SSSR count). The molecule has 1 saturated heterocycles. The molecule has 0 aromatic heterocycles. The third kappa shape index (κ3) is 3.76. The molecule has 6 heteroatoms. The van der Waals surface area contributed by atoms with Crippen molar-refractivity contribution >= 4 is 12.2 Å². The maximum atomic E-state index is 11.1. The van der Waals surface area contributed by atoms with Gasteiger partial charge in [-0.25, -0.2) is 0 Å². The number of hydrogen-bond donors (Lipinski definition) is 1. The van der Waals surface area contributed by atoms with Gasteiger partial charge in [0.2, 0.25) is 5.91 Å². The lowest BCUT2D eigenvalue weighted by Crippen LogP contribution is -2.58. The third-order valence-electron chi connectivity index (χ3n) is 2.55. The van der Waals surface area contributed by atoms with Crippen LogP contribution in [0.2, 0.25) is 0 Å². The standard InChI is InChI=1S/C11H18NO5/c1-7(14)12-11-9(16-3)4-8(6-15-2)17-10(11)5-13/h4-5,8-11H,6H2,1-3H3,(H,12,14)/t8?,9-,10+,11?/m1/s1. The van der Waals surface area contributed by atoms with E-state index in [-0.39, 0.29) is 18.1 Å². The zero-order valence-electron chi connectivity index (χ0n) is 10.2. The molecule has 1 aliphatic rings. The van der Waals surface area contributed by atoms with Crippen molar-refractivity contribution in [3.63, 3.8) is 0 Å². The van der Waals surface area contributed by atoms with Crippen LogP contribution in [0.25, 0.3) is 0 Å². The van der Waals surface area contributed by atoms with Crippen LogP contribution in [0.15, 0.2) is 0 Å². The molecule has 0 aliphatic carbocycles. The summed E-state index contributed by atoms with van der Waals surface area (Å²) in [6.45, 7) is 1.73. The fraction of sp³-hybridized carbons (Fsp3) is 0.727. The second-order valence-corrected chi connectivity index (χ2v) is 3.85. The Kier molecular flexibility index (Phi) is 5.54. The molecule has 97 valence electrons. The maximum absolute atomic E-state index is 11.1. The summed E-state index contributed by atoms with van der Waals surface area (Å²) in [7, 11) is 3.07. The molecule has 6 nitrogen and oxygen atoms in total. The molecule has 0 bridgehead atoms. The number of hydrogen-bond acceptors (Lipinski definition) is 5. The minimum Gasteiger partial charge on any atom is -0.382 e. The lowest BCUT2D eigenvalue weighted by molar-refractivity contribution is -0.143. The molecular weight excluding hydrogens is 226 g/mol. The summed E-state index contributed by atoms with van der Waals surface area (Å²) in [4.78, 5) is 22.0. The molecule has 0 saturated carbocycles. The molecule has 4 atom stereocenters. The Balaban J connectivity index is 2.73. The highest BCUT2D eigenvalue weighted by molar-refractivity contribution is 5.74. The number of ether oxygens (including phenoxy) is 3. The SMILES string of the molecule is COCC1[CH][C@@H](OC)C(NC(C)=O)[C@H](C=O)O1. The first-order valence-electron chi connectivity index (χ1n) is 5.37. The fourth-order valence-electron chi connectivity index (χ4n) is 1.85. The highest BCUT2D eigenvalue weighted by Gasteiger charge is 2.39. The number of methoxy groups -OCH3 is 2. The Bertz CT molecular complexity index is 271. The number of aldehydes is 1. The average molecular weight is 244 g/mol. The molecule has 1 radical (unpaired) electrons. The normalized spacial score (nSPS) is 33.1. The Hall–Kier alpha value is -0.980. The van der Waals surface area contributed by atoms with Crippen molar-refractivity contribution in [3.8, 4) is 0 Å². The van der Waals surface area contributed by atoms with Crippen LogP contribution in [-0.2, 0) is 23.8 Å². The third-order valence-corrected chi connectivity index (χ3v) is 2.55. The second-order valence-electron chi connectivity index (χ2n) is 3.85. The van der Waals surface area contributed by atoms with E-state index < -0.39 is 12.1 Å². The number of carbonyl (C=O) groups excluding carboxylic acids is 2. The topological polar surface area (TPSA) is 73.9 Å². The van der Waals surface area contributed by atoms with Crippen molar-refractivity contribution in [3.05, 3.63) is 6.42 Å². The molecule has 17 heavy (non-hydrogen) atoms. The van der Waals surface area contributed by atoms with Gasteiger partial charge in [0.1, 0.15) is 6.10 Å². The minimum absolute atomic E-state index is 0.230. The van der Waals surface area contributed by atoms with Crippen LogP contribution in [0.5, 0.6) is 0 Å². The first kappa shape index (κ1) is 14.1. The van der Waals surface area contributed by atoms with Gasteiger partial charge >= 0.3 is 0 Å². The Morgan fingerprint density at radius 2 is 2.24 bits per heavy atom. The van der Waals surface area contributed by atoms with Gasteiger partial charge in [0.25, 0.3) is 0 Å². The van der Waals surface area contributed by atoms with E-state index in [1.165, 1.54) is 14.0 Å². The monoisotopic (exact) mass is 244 g/mol. The summed E-state index contributed by atoms with van der Waals surface area (Å²) in [5, 5.41) is 2.65. The van der Waals surface area contributed by atoms with Gasteiger partial charge in [0.05, 0.1) is 24.9 Å². The van der Waals surface area contributed by atoms with Gasteiger partial charge in [-0.1, -0.05) is 0 Å². The molecule has 1 N–H and O–H groups in total. The van der Waals surface area contributed by atoms with Gasteiger partial charge in [-0.15, -0.1) is 0 Å². The Morgan fingerprint density at radius 3 is 2.71 bits per heavy atom. The summed E-state index contributed by atoms with van der Waals surface area (Å²) in [5.74, 6) is -0.230. The zero-order chi connectivity index (χ0) is 12.8. The Labute approximate surface area is 101 Å². The molecule has 0 aromatic carbocycles. The molecule has 1 aliphatic heterocycles. The number of nitrogens with one attached hydrogen (secondary N) is 1. The number of amides is 1. The van der Waals surface area contributed by atoms with E-state index in [0.29, 0.717) is 12.9 Å². The Morgan fingerprint density at radius 1 is 1.53 bits per heavy atom. The van der Waals surface area contributed by atoms with Crippen molar-refractivity contribution in [2.75, 3.05) is 20.8 Å². The zero-order valence-corrected chi connectivity index (χ0v) is 10.2. The van der Waals surface area contributed by atoms with Crippen LogP contribution < -0.4 is 5.32 Å². The summed E-state index contributed by atoms with van der Waals surface area (Å²) in [6.07, 6.45) is 1.04. The van der Waals surface area contributed by atoms with Crippen molar-refractivity contribution < 1.29 is 23.8 Å². The van der Waals surface area contributed by atoms with Crippen LogP contribution in [0, 0.1) is 6.42 Å². The maximum Gasteiger partial charge on any atom is 0.217 e. The minimum atomic E-state index is -0.728. The molecule has 0 aromatic rings. The number of carbonyl (C=O) groups is 2. The van der Waals surface area contributed by atoms with Crippen LogP contribution in [0.3, 0.4) is 0 Å². The van der Waals surface area contributed by atoms with Crippen molar-refractivity contribution in [1.82, 2.24) is 5.32 Å².